The van der Waals surface area contributed by atoms with Crippen molar-refractivity contribution in [3.63, 3.8) is 0 Å². The van der Waals surface area contributed by atoms with Gasteiger partial charge in [0, 0.05) is 11.1 Å². The highest BCUT2D eigenvalue weighted by Crippen LogP contribution is 2.42. The lowest BCUT2D eigenvalue weighted by Gasteiger charge is -2.16. The van der Waals surface area contributed by atoms with Crippen molar-refractivity contribution in [2.75, 3.05) is 0 Å². The van der Waals surface area contributed by atoms with Crippen molar-refractivity contribution in [3.05, 3.63) is 106 Å². The van der Waals surface area contributed by atoms with Crippen LogP contribution in [0.15, 0.2) is 48.5 Å². The molecule has 0 aliphatic heterocycles. The lowest BCUT2D eigenvalue weighted by molar-refractivity contribution is 0.446. The maximum atomic E-state index is 15.0. The van der Waals surface area contributed by atoms with E-state index in [2.05, 4.69) is 11.8 Å². The van der Waals surface area contributed by atoms with Crippen molar-refractivity contribution in [2.24, 2.45) is 0 Å². The molecule has 0 bridgehead atoms. The number of hydrogen-bond acceptors (Lipinski definition) is 0. The maximum Gasteiger partial charge on any atom is 0.170 e. The Hall–Kier alpha value is -4.56. The second-order valence-corrected chi connectivity index (χ2v) is 7.46. The van der Waals surface area contributed by atoms with Gasteiger partial charge in [0.25, 0.3) is 0 Å². The molecule has 178 valence electrons. The van der Waals surface area contributed by atoms with E-state index in [9.17, 15) is 35.1 Å². The monoisotopic (exact) mass is 498 g/mol. The summed E-state index contributed by atoms with van der Waals surface area (Å²) in [5.74, 6) is -12.9. The minimum Gasteiger partial charge on any atom is -0.203 e. The van der Waals surface area contributed by atoms with Crippen LogP contribution in [0.5, 0.6) is 0 Å². The molecule has 4 aromatic rings. The van der Waals surface area contributed by atoms with E-state index in [1.165, 1.54) is 24.3 Å². The second kappa shape index (κ2) is 9.24. The Morgan fingerprint density at radius 2 is 0.694 bits per heavy atom. The summed E-state index contributed by atoms with van der Waals surface area (Å²) in [4.78, 5) is 0. The molecule has 0 N–H and O–H groups in total. The highest BCUT2D eigenvalue weighted by molar-refractivity contribution is 5.77. The van der Waals surface area contributed by atoms with E-state index in [4.69, 9.17) is 12.8 Å². The molecule has 0 amide bonds. The Morgan fingerprint density at radius 3 is 0.972 bits per heavy atom. The number of hydrogen-bond donors (Lipinski definition) is 0. The molecule has 0 aromatic heterocycles. The van der Waals surface area contributed by atoms with Gasteiger partial charge in [-0.15, -0.1) is 12.8 Å². The molecule has 4 rings (SSSR count). The van der Waals surface area contributed by atoms with Crippen molar-refractivity contribution in [1.29, 1.82) is 0 Å². The average molecular weight is 498 g/mol. The third-order valence-electron chi connectivity index (χ3n) is 5.41. The molecule has 36 heavy (non-hydrogen) atoms. The zero-order valence-electron chi connectivity index (χ0n) is 17.8. The summed E-state index contributed by atoms with van der Waals surface area (Å²) in [5, 5.41) is 0. The third kappa shape index (κ3) is 3.77. The van der Waals surface area contributed by atoms with Crippen LogP contribution in [-0.4, -0.2) is 0 Å². The molecule has 0 heterocycles. The average Bonchev–Trinajstić information content (AvgIpc) is 2.89. The van der Waals surface area contributed by atoms with E-state index in [0.29, 0.717) is 0 Å². The largest absolute Gasteiger partial charge is 0.203 e. The Balaban J connectivity index is 2.02. The molecule has 0 aliphatic rings. The molecule has 0 fully saturated rings. The number of rotatable bonds is 3. The smallest absolute Gasteiger partial charge is 0.170 e. The molecule has 0 aliphatic carbocycles. The molecule has 0 saturated heterocycles. The van der Waals surface area contributed by atoms with Gasteiger partial charge in [0.05, 0.1) is 22.3 Å². The van der Waals surface area contributed by atoms with Crippen molar-refractivity contribution in [2.45, 2.75) is 0 Å². The Morgan fingerprint density at radius 1 is 0.417 bits per heavy atom. The minimum absolute atomic E-state index is 0.113. The van der Waals surface area contributed by atoms with Crippen LogP contribution in [0.25, 0.3) is 33.4 Å². The molecule has 0 radical (unpaired) electrons. The molecule has 0 unspecified atom stereocenters. The normalized spacial score (nSPS) is 10.7. The number of benzene rings is 4. The summed E-state index contributed by atoms with van der Waals surface area (Å²) in [6, 6.07) is 9.51. The van der Waals surface area contributed by atoms with Gasteiger partial charge in [0.15, 0.2) is 46.5 Å². The fraction of sp³-hybridized carbons (Fsp3) is 0. The van der Waals surface area contributed by atoms with Crippen molar-refractivity contribution < 1.29 is 35.1 Å². The Kier molecular flexibility index (Phi) is 6.30. The lowest BCUT2D eigenvalue weighted by atomic mass is 9.93. The lowest BCUT2D eigenvalue weighted by Crippen LogP contribution is -2.09. The summed E-state index contributed by atoms with van der Waals surface area (Å²) in [7, 11) is 0. The Bertz CT molecular complexity index is 1460. The van der Waals surface area contributed by atoms with Crippen LogP contribution >= 0.6 is 0 Å². The summed E-state index contributed by atoms with van der Waals surface area (Å²) in [6.45, 7) is 0. The van der Waals surface area contributed by atoms with Gasteiger partial charge in [-0.3, -0.25) is 0 Å². The standard InChI is InChI=1S/C28H10F8/c1-3-13-7-5-9-15(11-13)17-21(29)25(33)19(26(34)22(17)30)20-27(35)23(31)18(24(32)28(20)36)16-10-6-8-14(4-2)12-16/h1-2,5-12H. The van der Waals surface area contributed by atoms with Gasteiger partial charge in [0.1, 0.15) is 0 Å². The van der Waals surface area contributed by atoms with E-state index in [-0.39, 0.29) is 22.3 Å². The molecular formula is C28H10F8. The van der Waals surface area contributed by atoms with Crippen LogP contribution in [0, 0.1) is 71.2 Å². The fourth-order valence-electron chi connectivity index (χ4n) is 3.74. The Labute approximate surface area is 199 Å². The first kappa shape index (κ1) is 24.6. The predicted molar refractivity (Wildman–Crippen MR) is 118 cm³/mol. The summed E-state index contributed by atoms with van der Waals surface area (Å²) < 4.78 is 120. The summed E-state index contributed by atoms with van der Waals surface area (Å²) >= 11 is 0. The maximum absolute atomic E-state index is 15.0. The van der Waals surface area contributed by atoms with Gasteiger partial charge in [-0.2, -0.15) is 0 Å². The van der Waals surface area contributed by atoms with Crippen LogP contribution < -0.4 is 0 Å². The van der Waals surface area contributed by atoms with Crippen molar-refractivity contribution in [3.8, 4) is 58.1 Å². The van der Waals surface area contributed by atoms with E-state index in [1.807, 2.05) is 0 Å². The van der Waals surface area contributed by atoms with Gasteiger partial charge in [-0.25, -0.2) is 35.1 Å². The topological polar surface area (TPSA) is 0 Å². The molecule has 0 nitrogen and oxygen atoms in total. The molecule has 4 aromatic carbocycles. The number of halogens is 8. The van der Waals surface area contributed by atoms with E-state index >= 15 is 0 Å². The van der Waals surface area contributed by atoms with Gasteiger partial charge >= 0.3 is 0 Å². The van der Waals surface area contributed by atoms with Crippen LogP contribution in [0.1, 0.15) is 11.1 Å². The second-order valence-electron chi connectivity index (χ2n) is 7.46. The van der Waals surface area contributed by atoms with Gasteiger partial charge in [-0.05, 0) is 35.4 Å². The third-order valence-corrected chi connectivity index (χ3v) is 5.41. The summed E-state index contributed by atoms with van der Waals surface area (Å²) in [6.07, 6.45) is 10.4. The van der Waals surface area contributed by atoms with Crippen molar-refractivity contribution in [1.82, 2.24) is 0 Å². The van der Waals surface area contributed by atoms with Crippen LogP contribution in [0.2, 0.25) is 0 Å². The molecule has 0 saturated carbocycles. The van der Waals surface area contributed by atoms with Gasteiger partial charge in [0.2, 0.25) is 0 Å². The van der Waals surface area contributed by atoms with E-state index in [1.54, 1.807) is 0 Å². The first-order valence-electron chi connectivity index (χ1n) is 9.98. The molecule has 0 atom stereocenters. The van der Waals surface area contributed by atoms with E-state index < -0.39 is 68.8 Å². The van der Waals surface area contributed by atoms with Crippen LogP contribution in [0.4, 0.5) is 35.1 Å². The summed E-state index contributed by atoms with van der Waals surface area (Å²) in [5.41, 5.74) is -6.91. The zero-order chi connectivity index (χ0) is 26.3. The van der Waals surface area contributed by atoms with Crippen molar-refractivity contribution >= 4 is 0 Å². The SMILES string of the molecule is C#Cc1cccc(-c2c(F)c(F)c(-c3c(F)c(F)c(-c4cccc(C#C)c4)c(F)c3F)c(F)c2F)c1. The predicted octanol–water partition coefficient (Wildman–Crippen LogP) is 7.76. The highest BCUT2D eigenvalue weighted by atomic mass is 19.2. The van der Waals surface area contributed by atoms with Gasteiger partial charge < -0.3 is 0 Å². The quantitative estimate of drug-likeness (QED) is 0.154. The molecule has 8 heteroatoms. The number of terminal acetylenes is 2. The molecule has 0 spiro atoms. The van der Waals surface area contributed by atoms with Gasteiger partial charge in [-0.1, -0.05) is 36.1 Å². The van der Waals surface area contributed by atoms with Crippen LogP contribution in [0.3, 0.4) is 0 Å². The highest BCUT2D eigenvalue weighted by Gasteiger charge is 2.34. The van der Waals surface area contributed by atoms with E-state index in [0.717, 1.165) is 24.3 Å². The molecular weight excluding hydrogens is 488 g/mol. The minimum atomic E-state index is -2.27. The fourth-order valence-corrected chi connectivity index (χ4v) is 3.74. The first-order valence-corrected chi connectivity index (χ1v) is 9.98. The zero-order valence-corrected chi connectivity index (χ0v) is 17.8. The first-order chi connectivity index (χ1) is 17.1. The van der Waals surface area contributed by atoms with Crippen LogP contribution in [-0.2, 0) is 0 Å².